The second-order valence-electron chi connectivity index (χ2n) is 7.32. The molecule has 5 heteroatoms. The predicted molar refractivity (Wildman–Crippen MR) is 103 cm³/mol. The Labute approximate surface area is 156 Å². The van der Waals surface area contributed by atoms with Crippen molar-refractivity contribution < 1.29 is 9.59 Å². The van der Waals surface area contributed by atoms with E-state index in [1.165, 1.54) is 24.0 Å². The Kier molecular flexibility index (Phi) is 6.30. The summed E-state index contributed by atoms with van der Waals surface area (Å²) in [6, 6.07) is 6.23. The molecule has 0 saturated carbocycles. The van der Waals surface area contributed by atoms with Crippen molar-refractivity contribution in [2.45, 2.75) is 39.5 Å². The summed E-state index contributed by atoms with van der Waals surface area (Å²) in [6.45, 7) is 8.92. The average molecular weight is 357 g/mol. The summed E-state index contributed by atoms with van der Waals surface area (Å²) in [5.41, 5.74) is 3.58. The van der Waals surface area contributed by atoms with Crippen LogP contribution in [0.15, 0.2) is 18.2 Å². The highest BCUT2D eigenvalue weighted by Crippen LogP contribution is 2.23. The minimum absolute atomic E-state index is 0.132. The van der Waals surface area contributed by atoms with Gasteiger partial charge in [0.25, 0.3) is 5.91 Å². The molecule has 0 unspecified atom stereocenters. The zero-order chi connectivity index (χ0) is 18.5. The molecule has 0 radical (unpaired) electrons. The molecular weight excluding hydrogens is 326 g/mol. The van der Waals surface area contributed by atoms with Gasteiger partial charge in [-0.05, 0) is 62.8 Å². The number of carbonyl (C=O) groups is 2. The highest BCUT2D eigenvalue weighted by atomic mass is 16.2. The molecule has 0 aromatic heterocycles. The molecule has 0 spiro atoms. The molecule has 0 bridgehead atoms. The van der Waals surface area contributed by atoms with Gasteiger partial charge in [0.15, 0.2) is 0 Å². The maximum absolute atomic E-state index is 12.8. The van der Waals surface area contributed by atoms with Crippen LogP contribution in [0.2, 0.25) is 0 Å². The molecule has 1 fully saturated rings. The summed E-state index contributed by atoms with van der Waals surface area (Å²) < 4.78 is 0. The molecule has 1 saturated heterocycles. The van der Waals surface area contributed by atoms with Crippen molar-refractivity contribution in [3.05, 3.63) is 34.9 Å². The topological polar surface area (TPSA) is 43.9 Å². The summed E-state index contributed by atoms with van der Waals surface area (Å²) in [6.07, 6.45) is 4.72. The Bertz CT molecular complexity index is 647. The Morgan fingerprint density at radius 1 is 0.962 bits per heavy atom. The Morgan fingerprint density at radius 3 is 2.27 bits per heavy atom. The number of hydrogen-bond donors (Lipinski definition) is 0. The van der Waals surface area contributed by atoms with E-state index in [2.05, 4.69) is 17.0 Å². The van der Waals surface area contributed by atoms with Gasteiger partial charge in [0.1, 0.15) is 0 Å². The predicted octanol–water partition coefficient (Wildman–Crippen LogP) is 2.19. The third kappa shape index (κ3) is 4.26. The first-order valence-electron chi connectivity index (χ1n) is 10.0. The zero-order valence-corrected chi connectivity index (χ0v) is 16.2. The van der Waals surface area contributed by atoms with E-state index in [9.17, 15) is 9.59 Å². The molecule has 1 heterocycles. The van der Waals surface area contributed by atoms with Crippen molar-refractivity contribution in [2.24, 2.45) is 0 Å². The van der Waals surface area contributed by atoms with Gasteiger partial charge in [-0.15, -0.1) is 0 Å². The minimum Gasteiger partial charge on any atom is -0.342 e. The lowest BCUT2D eigenvalue weighted by Gasteiger charge is -2.35. The molecule has 5 nitrogen and oxygen atoms in total. The summed E-state index contributed by atoms with van der Waals surface area (Å²) in [7, 11) is 0. The van der Waals surface area contributed by atoms with E-state index in [0.29, 0.717) is 19.6 Å². The van der Waals surface area contributed by atoms with Crippen molar-refractivity contribution in [2.75, 3.05) is 45.8 Å². The Morgan fingerprint density at radius 2 is 1.62 bits per heavy atom. The molecular formula is C21H31N3O2. The van der Waals surface area contributed by atoms with Gasteiger partial charge in [0.05, 0.1) is 6.54 Å². The van der Waals surface area contributed by atoms with Crippen LogP contribution in [0.25, 0.3) is 0 Å². The van der Waals surface area contributed by atoms with Crippen molar-refractivity contribution in [3.63, 3.8) is 0 Å². The van der Waals surface area contributed by atoms with Crippen LogP contribution in [0, 0.1) is 0 Å². The molecule has 2 aliphatic rings. The lowest BCUT2D eigenvalue weighted by Crippen LogP contribution is -2.51. The normalized spacial score (nSPS) is 17.7. The molecule has 1 aromatic carbocycles. The lowest BCUT2D eigenvalue weighted by molar-refractivity contribution is -0.132. The number of likely N-dealkylation sites (N-methyl/N-ethyl adjacent to an activating group) is 1. The molecule has 142 valence electrons. The summed E-state index contributed by atoms with van der Waals surface area (Å²) >= 11 is 0. The van der Waals surface area contributed by atoms with Gasteiger partial charge in [0, 0.05) is 44.8 Å². The number of piperazine rings is 1. The van der Waals surface area contributed by atoms with E-state index in [4.69, 9.17) is 0 Å². The van der Waals surface area contributed by atoms with Gasteiger partial charge in [-0.3, -0.25) is 14.5 Å². The molecule has 3 rings (SSSR count). The smallest absolute Gasteiger partial charge is 0.253 e. The number of aryl methyl sites for hydroxylation is 2. The van der Waals surface area contributed by atoms with Crippen LogP contribution in [0.1, 0.15) is 48.2 Å². The molecule has 2 amide bonds. The number of benzene rings is 1. The fourth-order valence-electron chi connectivity index (χ4n) is 4.03. The minimum atomic E-state index is 0.132. The third-order valence-corrected chi connectivity index (χ3v) is 5.73. The Hall–Kier alpha value is -1.88. The highest BCUT2D eigenvalue weighted by Gasteiger charge is 2.25. The summed E-state index contributed by atoms with van der Waals surface area (Å²) in [4.78, 5) is 31.1. The third-order valence-electron chi connectivity index (χ3n) is 5.73. The van der Waals surface area contributed by atoms with Crippen molar-refractivity contribution in [1.29, 1.82) is 0 Å². The standard InChI is InChI=1S/C21H31N3O2/c1-3-23(4-2)20(25)16-22-11-13-24(14-12-22)21(26)19-10-9-17-7-5-6-8-18(17)15-19/h9-10,15H,3-8,11-14,16H2,1-2H3. The summed E-state index contributed by atoms with van der Waals surface area (Å²) in [5, 5.41) is 0. The zero-order valence-electron chi connectivity index (χ0n) is 16.2. The lowest BCUT2D eigenvalue weighted by atomic mass is 9.90. The van der Waals surface area contributed by atoms with Crippen LogP contribution in [0.5, 0.6) is 0 Å². The van der Waals surface area contributed by atoms with E-state index in [-0.39, 0.29) is 11.8 Å². The van der Waals surface area contributed by atoms with Crippen LogP contribution in [-0.4, -0.2) is 72.3 Å². The molecule has 0 N–H and O–H groups in total. The Balaban J connectivity index is 1.54. The first-order chi connectivity index (χ1) is 12.6. The van der Waals surface area contributed by atoms with Crippen LogP contribution < -0.4 is 0 Å². The average Bonchev–Trinajstić information content (AvgIpc) is 2.68. The molecule has 1 aliphatic heterocycles. The highest BCUT2D eigenvalue weighted by molar-refractivity contribution is 5.94. The number of fused-ring (bicyclic) bond motifs is 1. The maximum Gasteiger partial charge on any atom is 0.253 e. The van der Waals surface area contributed by atoms with Crippen molar-refractivity contribution >= 4 is 11.8 Å². The number of rotatable bonds is 5. The van der Waals surface area contributed by atoms with Crippen LogP contribution in [-0.2, 0) is 17.6 Å². The van der Waals surface area contributed by atoms with Gasteiger partial charge in [0.2, 0.25) is 5.91 Å². The first-order valence-corrected chi connectivity index (χ1v) is 10.0. The van der Waals surface area contributed by atoms with E-state index >= 15 is 0 Å². The van der Waals surface area contributed by atoms with Gasteiger partial charge < -0.3 is 9.80 Å². The van der Waals surface area contributed by atoms with Gasteiger partial charge in [-0.25, -0.2) is 0 Å². The first kappa shape index (κ1) is 18.9. The van der Waals surface area contributed by atoms with E-state index < -0.39 is 0 Å². The number of amides is 2. The van der Waals surface area contributed by atoms with E-state index in [0.717, 1.165) is 44.6 Å². The number of nitrogens with zero attached hydrogens (tertiary/aromatic N) is 3. The molecule has 1 aromatic rings. The van der Waals surface area contributed by atoms with Crippen LogP contribution in [0.3, 0.4) is 0 Å². The second kappa shape index (κ2) is 8.67. The maximum atomic E-state index is 12.8. The van der Waals surface area contributed by atoms with Crippen molar-refractivity contribution in [1.82, 2.24) is 14.7 Å². The molecule has 0 atom stereocenters. The van der Waals surface area contributed by atoms with Crippen LogP contribution >= 0.6 is 0 Å². The summed E-state index contributed by atoms with van der Waals surface area (Å²) in [5.74, 6) is 0.317. The fourth-order valence-corrected chi connectivity index (χ4v) is 4.03. The number of carbonyl (C=O) groups excluding carboxylic acids is 2. The molecule has 26 heavy (non-hydrogen) atoms. The van der Waals surface area contributed by atoms with E-state index in [1.807, 2.05) is 29.7 Å². The van der Waals surface area contributed by atoms with Gasteiger partial charge >= 0.3 is 0 Å². The largest absolute Gasteiger partial charge is 0.342 e. The number of hydrogen-bond acceptors (Lipinski definition) is 3. The van der Waals surface area contributed by atoms with Gasteiger partial charge in [-0.2, -0.15) is 0 Å². The molecule has 1 aliphatic carbocycles. The second-order valence-corrected chi connectivity index (χ2v) is 7.32. The fraction of sp³-hybridized carbons (Fsp3) is 0.619. The SMILES string of the molecule is CCN(CC)C(=O)CN1CCN(C(=O)c2ccc3c(c2)CCCC3)CC1. The van der Waals surface area contributed by atoms with Crippen molar-refractivity contribution in [3.8, 4) is 0 Å². The van der Waals surface area contributed by atoms with E-state index in [1.54, 1.807) is 0 Å². The van der Waals surface area contributed by atoms with Crippen LogP contribution in [0.4, 0.5) is 0 Å². The van der Waals surface area contributed by atoms with Gasteiger partial charge in [-0.1, -0.05) is 6.07 Å². The monoisotopic (exact) mass is 357 g/mol. The quantitative estimate of drug-likeness (QED) is 0.811.